The normalized spacial score (nSPS) is 10.7. The van der Waals surface area contributed by atoms with Gasteiger partial charge in [0, 0.05) is 22.5 Å². The Morgan fingerprint density at radius 2 is 1.80 bits per heavy atom. The molecule has 2 aromatic carbocycles. The molecule has 20 heavy (non-hydrogen) atoms. The molecule has 0 aliphatic carbocycles. The lowest BCUT2D eigenvalue weighted by Gasteiger charge is -2.02. The van der Waals surface area contributed by atoms with E-state index in [9.17, 15) is 4.79 Å². The predicted octanol–water partition coefficient (Wildman–Crippen LogP) is 4.47. The van der Waals surface area contributed by atoms with Crippen LogP contribution >= 0.6 is 15.9 Å². The fourth-order valence-corrected chi connectivity index (χ4v) is 2.45. The molecule has 0 atom stereocenters. The molecule has 0 amide bonds. The average Bonchev–Trinajstić information content (AvgIpc) is 2.85. The molecule has 0 spiro atoms. The standard InChI is InChI=1S/C16H12BrNO2/c1-18-14-12-4-2-3-5-13(12)20-16(14)15(19)10-6-8-11(17)9-7-10/h2-9,18H,1H3. The lowest BCUT2D eigenvalue weighted by molar-refractivity contribution is 0.101. The van der Waals surface area contributed by atoms with E-state index >= 15 is 0 Å². The van der Waals surface area contributed by atoms with E-state index in [0.29, 0.717) is 16.9 Å². The number of para-hydroxylation sites is 1. The number of anilines is 1. The lowest BCUT2D eigenvalue weighted by atomic mass is 10.1. The Balaban J connectivity index is 2.13. The molecule has 100 valence electrons. The molecule has 0 fully saturated rings. The molecular formula is C16H12BrNO2. The van der Waals surface area contributed by atoms with Gasteiger partial charge in [-0.15, -0.1) is 0 Å². The highest BCUT2D eigenvalue weighted by molar-refractivity contribution is 9.10. The van der Waals surface area contributed by atoms with E-state index in [1.165, 1.54) is 0 Å². The Morgan fingerprint density at radius 1 is 1.10 bits per heavy atom. The maximum Gasteiger partial charge on any atom is 0.230 e. The molecule has 4 heteroatoms. The Labute approximate surface area is 124 Å². The molecule has 0 saturated heterocycles. The van der Waals surface area contributed by atoms with E-state index in [4.69, 9.17) is 4.42 Å². The number of furan rings is 1. The number of halogens is 1. The highest BCUT2D eigenvalue weighted by Crippen LogP contribution is 2.32. The van der Waals surface area contributed by atoms with Crippen molar-refractivity contribution in [2.45, 2.75) is 0 Å². The maximum absolute atomic E-state index is 12.6. The van der Waals surface area contributed by atoms with Gasteiger partial charge in [-0.1, -0.05) is 28.1 Å². The highest BCUT2D eigenvalue weighted by atomic mass is 79.9. The van der Waals surface area contributed by atoms with E-state index in [1.807, 2.05) is 36.4 Å². The molecule has 0 radical (unpaired) electrons. The van der Waals surface area contributed by atoms with Crippen molar-refractivity contribution >= 4 is 38.4 Å². The zero-order valence-electron chi connectivity index (χ0n) is 10.8. The van der Waals surface area contributed by atoms with E-state index in [0.717, 1.165) is 15.5 Å². The SMILES string of the molecule is CNc1c(C(=O)c2ccc(Br)cc2)oc2ccccc12. The third-order valence-corrected chi connectivity index (χ3v) is 3.69. The van der Waals surface area contributed by atoms with Gasteiger partial charge in [-0.25, -0.2) is 0 Å². The number of hydrogen-bond acceptors (Lipinski definition) is 3. The number of fused-ring (bicyclic) bond motifs is 1. The number of hydrogen-bond donors (Lipinski definition) is 1. The third kappa shape index (κ3) is 2.12. The number of carbonyl (C=O) groups excluding carboxylic acids is 1. The topological polar surface area (TPSA) is 42.2 Å². The quantitative estimate of drug-likeness (QED) is 0.721. The Kier molecular flexibility index (Phi) is 3.32. The number of carbonyl (C=O) groups is 1. The van der Waals surface area contributed by atoms with Gasteiger partial charge >= 0.3 is 0 Å². The monoisotopic (exact) mass is 329 g/mol. The van der Waals surface area contributed by atoms with Crippen LogP contribution in [0.5, 0.6) is 0 Å². The van der Waals surface area contributed by atoms with Gasteiger partial charge < -0.3 is 9.73 Å². The molecule has 3 aromatic rings. The van der Waals surface area contributed by atoms with Crippen molar-refractivity contribution in [2.24, 2.45) is 0 Å². The predicted molar refractivity (Wildman–Crippen MR) is 83.3 cm³/mol. The first-order valence-corrected chi connectivity index (χ1v) is 6.99. The summed E-state index contributed by atoms with van der Waals surface area (Å²) in [6.45, 7) is 0. The molecule has 1 aromatic heterocycles. The zero-order chi connectivity index (χ0) is 14.1. The van der Waals surface area contributed by atoms with Crippen molar-refractivity contribution in [3.8, 4) is 0 Å². The number of ketones is 1. The van der Waals surface area contributed by atoms with Gasteiger partial charge in [0.25, 0.3) is 0 Å². The van der Waals surface area contributed by atoms with Crippen LogP contribution in [0.2, 0.25) is 0 Å². The van der Waals surface area contributed by atoms with Crippen molar-refractivity contribution in [1.29, 1.82) is 0 Å². The molecule has 0 bridgehead atoms. The second kappa shape index (κ2) is 5.13. The Hall–Kier alpha value is -2.07. The van der Waals surface area contributed by atoms with Gasteiger partial charge in [0.05, 0.1) is 5.69 Å². The third-order valence-electron chi connectivity index (χ3n) is 3.16. The Morgan fingerprint density at radius 3 is 2.50 bits per heavy atom. The molecule has 0 unspecified atom stereocenters. The van der Waals surface area contributed by atoms with Crippen LogP contribution in [-0.4, -0.2) is 12.8 Å². The molecule has 0 saturated carbocycles. The fraction of sp³-hybridized carbons (Fsp3) is 0.0625. The van der Waals surface area contributed by atoms with E-state index in [2.05, 4.69) is 21.2 Å². The summed E-state index contributed by atoms with van der Waals surface area (Å²) in [5.41, 5.74) is 2.04. The zero-order valence-corrected chi connectivity index (χ0v) is 12.4. The molecule has 1 heterocycles. The molecular weight excluding hydrogens is 318 g/mol. The van der Waals surface area contributed by atoms with E-state index < -0.39 is 0 Å². The molecule has 0 aliphatic rings. The molecule has 1 N–H and O–H groups in total. The first-order chi connectivity index (χ1) is 9.70. The summed E-state index contributed by atoms with van der Waals surface area (Å²) in [4.78, 5) is 12.6. The number of benzene rings is 2. The minimum absolute atomic E-state index is 0.127. The van der Waals surface area contributed by atoms with Crippen molar-refractivity contribution in [3.05, 3.63) is 64.3 Å². The van der Waals surface area contributed by atoms with Gasteiger partial charge in [0.1, 0.15) is 5.58 Å². The summed E-state index contributed by atoms with van der Waals surface area (Å²) in [7, 11) is 1.79. The van der Waals surface area contributed by atoms with Crippen LogP contribution in [0.4, 0.5) is 5.69 Å². The molecule has 3 rings (SSSR count). The van der Waals surface area contributed by atoms with Crippen LogP contribution in [0.3, 0.4) is 0 Å². The fourth-order valence-electron chi connectivity index (χ4n) is 2.19. The van der Waals surface area contributed by atoms with Crippen molar-refractivity contribution in [2.75, 3.05) is 12.4 Å². The lowest BCUT2D eigenvalue weighted by Crippen LogP contribution is -2.03. The summed E-state index contributed by atoms with van der Waals surface area (Å²) in [6.07, 6.45) is 0. The molecule has 0 aliphatic heterocycles. The van der Waals surface area contributed by atoms with Crippen LogP contribution in [0.1, 0.15) is 16.1 Å². The summed E-state index contributed by atoms with van der Waals surface area (Å²) in [5, 5.41) is 3.97. The Bertz CT molecular complexity index is 775. The van der Waals surface area contributed by atoms with Crippen LogP contribution in [0.15, 0.2) is 57.4 Å². The van der Waals surface area contributed by atoms with Crippen molar-refractivity contribution < 1.29 is 9.21 Å². The van der Waals surface area contributed by atoms with E-state index in [-0.39, 0.29) is 5.78 Å². The van der Waals surface area contributed by atoms with Crippen LogP contribution < -0.4 is 5.32 Å². The minimum atomic E-state index is -0.127. The van der Waals surface area contributed by atoms with Crippen molar-refractivity contribution in [3.63, 3.8) is 0 Å². The van der Waals surface area contributed by atoms with Crippen LogP contribution in [-0.2, 0) is 0 Å². The first-order valence-electron chi connectivity index (χ1n) is 6.20. The maximum atomic E-state index is 12.6. The van der Waals surface area contributed by atoms with Crippen LogP contribution in [0.25, 0.3) is 11.0 Å². The molecule has 3 nitrogen and oxygen atoms in total. The summed E-state index contributed by atoms with van der Waals surface area (Å²) < 4.78 is 6.65. The largest absolute Gasteiger partial charge is 0.450 e. The number of nitrogens with one attached hydrogen (secondary N) is 1. The van der Waals surface area contributed by atoms with E-state index in [1.54, 1.807) is 19.2 Å². The second-order valence-corrected chi connectivity index (χ2v) is 5.30. The highest BCUT2D eigenvalue weighted by Gasteiger charge is 2.20. The van der Waals surface area contributed by atoms with Crippen molar-refractivity contribution in [1.82, 2.24) is 0 Å². The second-order valence-electron chi connectivity index (χ2n) is 4.39. The van der Waals surface area contributed by atoms with Gasteiger partial charge in [0.2, 0.25) is 5.78 Å². The average molecular weight is 330 g/mol. The minimum Gasteiger partial charge on any atom is -0.450 e. The van der Waals surface area contributed by atoms with Crippen LogP contribution in [0, 0.1) is 0 Å². The summed E-state index contributed by atoms with van der Waals surface area (Å²) >= 11 is 3.36. The summed E-state index contributed by atoms with van der Waals surface area (Å²) in [6, 6.07) is 14.8. The number of rotatable bonds is 3. The van der Waals surface area contributed by atoms with Gasteiger partial charge in [-0.3, -0.25) is 4.79 Å². The van der Waals surface area contributed by atoms with Gasteiger partial charge in [0.15, 0.2) is 5.76 Å². The van der Waals surface area contributed by atoms with Gasteiger partial charge in [-0.05, 0) is 36.4 Å². The first kappa shape index (κ1) is 12.9. The summed E-state index contributed by atoms with van der Waals surface area (Å²) in [5.74, 6) is 0.217. The smallest absolute Gasteiger partial charge is 0.230 e. The van der Waals surface area contributed by atoms with Gasteiger partial charge in [-0.2, -0.15) is 0 Å².